The van der Waals surface area contributed by atoms with Gasteiger partial charge in [0.1, 0.15) is 17.8 Å². The van der Waals surface area contributed by atoms with Crippen molar-refractivity contribution in [3.05, 3.63) is 63.5 Å². The number of amides is 3. The van der Waals surface area contributed by atoms with Crippen molar-refractivity contribution in [2.75, 3.05) is 13.1 Å². The Morgan fingerprint density at radius 1 is 1.19 bits per heavy atom. The third-order valence-electron chi connectivity index (χ3n) is 5.29. The zero-order valence-electron chi connectivity index (χ0n) is 18.8. The lowest BCUT2D eigenvalue weighted by molar-refractivity contribution is -0.139. The molecule has 0 unspecified atom stereocenters. The summed E-state index contributed by atoms with van der Waals surface area (Å²) in [4.78, 5) is 48.5. The lowest BCUT2D eigenvalue weighted by Crippen LogP contribution is -2.52. The van der Waals surface area contributed by atoms with Gasteiger partial charge in [0, 0.05) is 19.2 Å². The Kier molecular flexibility index (Phi) is 9.48. The summed E-state index contributed by atoms with van der Waals surface area (Å²) in [5, 5.41) is 29.3. The third-order valence-corrected chi connectivity index (χ3v) is 5.89. The third kappa shape index (κ3) is 7.31. The summed E-state index contributed by atoms with van der Waals surface area (Å²) in [5.41, 5.74) is 0.350. The van der Waals surface area contributed by atoms with Crippen LogP contribution in [0.15, 0.2) is 41.0 Å². The molecule has 0 radical (unpaired) electrons. The molecule has 3 rings (SSSR count). The summed E-state index contributed by atoms with van der Waals surface area (Å²) in [7, 11) is 0. The standard InChI is InChI=1S/C23H24Cl2N4O7/c24-14-8-12(10-27-18(31)4-3-13-2-1-7-36-13)9-15(25)19(14)21(32)29-16(23(34)35)11-28-22(33)20-17(30)5-6-26-20/h1-4,7-9,16-17,20,26,30H,5-6,10-11H2,(H,27,31)(H,28,33)(H,29,32)(H,34,35)/t16-,17-,20-/m0/s1. The fraction of sp³-hybridized carbons (Fsp3) is 0.304. The fourth-order valence-electron chi connectivity index (χ4n) is 3.44. The number of hydrogen-bond donors (Lipinski definition) is 6. The molecule has 1 aliphatic heterocycles. The summed E-state index contributed by atoms with van der Waals surface area (Å²) in [6.07, 6.45) is 3.79. The molecule has 1 aromatic heterocycles. The minimum Gasteiger partial charge on any atom is -0.480 e. The molecule has 6 N–H and O–H groups in total. The second kappa shape index (κ2) is 12.5. The first kappa shape index (κ1) is 27.2. The van der Waals surface area contributed by atoms with Gasteiger partial charge in [0.05, 0.1) is 28.0 Å². The average Bonchev–Trinajstić information content (AvgIpc) is 3.50. The summed E-state index contributed by atoms with van der Waals surface area (Å²) in [6, 6.07) is 3.88. The van der Waals surface area contributed by atoms with Crippen molar-refractivity contribution in [3.63, 3.8) is 0 Å². The van der Waals surface area contributed by atoms with E-state index in [1.807, 2.05) is 0 Å². The van der Waals surface area contributed by atoms with Crippen LogP contribution in [0.2, 0.25) is 10.0 Å². The molecule has 2 aromatic rings. The van der Waals surface area contributed by atoms with Gasteiger partial charge < -0.3 is 35.9 Å². The summed E-state index contributed by atoms with van der Waals surface area (Å²) in [5.74, 6) is -2.71. The maximum atomic E-state index is 12.7. The topological polar surface area (TPSA) is 170 Å². The first-order valence-electron chi connectivity index (χ1n) is 10.9. The van der Waals surface area contributed by atoms with Gasteiger partial charge in [-0.15, -0.1) is 0 Å². The van der Waals surface area contributed by atoms with E-state index in [-0.39, 0.29) is 22.2 Å². The number of carboxylic acids is 1. The number of halogens is 2. The number of nitrogens with one attached hydrogen (secondary N) is 4. The molecule has 13 heteroatoms. The fourth-order valence-corrected chi connectivity index (χ4v) is 4.14. The zero-order valence-corrected chi connectivity index (χ0v) is 20.3. The first-order valence-corrected chi connectivity index (χ1v) is 11.6. The number of carboxylic acid groups (broad SMARTS) is 1. The molecule has 0 bridgehead atoms. The number of furan rings is 1. The monoisotopic (exact) mass is 538 g/mol. The van der Waals surface area contributed by atoms with Crippen molar-refractivity contribution < 1.29 is 33.8 Å². The smallest absolute Gasteiger partial charge is 0.328 e. The van der Waals surface area contributed by atoms with E-state index in [0.29, 0.717) is 24.3 Å². The number of benzene rings is 1. The van der Waals surface area contributed by atoms with Crippen LogP contribution in [0.3, 0.4) is 0 Å². The van der Waals surface area contributed by atoms with E-state index in [0.717, 1.165) is 0 Å². The Hall–Kier alpha value is -3.38. The van der Waals surface area contributed by atoms with Crippen LogP contribution in [0.25, 0.3) is 6.08 Å². The van der Waals surface area contributed by atoms with Crippen LogP contribution in [0.5, 0.6) is 0 Å². The molecule has 0 spiro atoms. The number of aliphatic hydroxyl groups excluding tert-OH is 1. The second-order valence-corrected chi connectivity index (χ2v) is 8.71. The first-order chi connectivity index (χ1) is 17.2. The largest absolute Gasteiger partial charge is 0.480 e. The molecule has 1 aromatic carbocycles. The second-order valence-electron chi connectivity index (χ2n) is 7.90. The van der Waals surface area contributed by atoms with Crippen LogP contribution >= 0.6 is 23.2 Å². The Labute approximate surface area is 215 Å². The predicted molar refractivity (Wildman–Crippen MR) is 130 cm³/mol. The van der Waals surface area contributed by atoms with Crippen LogP contribution in [0, 0.1) is 0 Å². The van der Waals surface area contributed by atoms with Crippen molar-refractivity contribution in [1.82, 2.24) is 21.3 Å². The lowest BCUT2D eigenvalue weighted by Gasteiger charge is -2.19. The molecule has 2 heterocycles. The van der Waals surface area contributed by atoms with E-state index in [2.05, 4.69) is 21.3 Å². The maximum Gasteiger partial charge on any atom is 0.328 e. The SMILES string of the molecule is O=C(C=Cc1ccco1)NCc1cc(Cl)c(C(=O)N[C@@H](CNC(=O)[C@H]2NCC[C@@H]2O)C(=O)O)c(Cl)c1. The van der Waals surface area contributed by atoms with Crippen LogP contribution in [0.1, 0.15) is 28.1 Å². The summed E-state index contributed by atoms with van der Waals surface area (Å²) in [6.45, 7) is 0.0971. The zero-order chi connectivity index (χ0) is 26.2. The quantitative estimate of drug-likeness (QED) is 0.242. The van der Waals surface area contributed by atoms with Gasteiger partial charge in [-0.25, -0.2) is 4.79 Å². The van der Waals surface area contributed by atoms with Crippen LogP contribution in [-0.4, -0.2) is 65.2 Å². The van der Waals surface area contributed by atoms with Crippen molar-refractivity contribution in [1.29, 1.82) is 0 Å². The minimum absolute atomic E-state index is 0.0539. The van der Waals surface area contributed by atoms with Gasteiger partial charge in [0.2, 0.25) is 11.8 Å². The van der Waals surface area contributed by atoms with Gasteiger partial charge >= 0.3 is 5.97 Å². The van der Waals surface area contributed by atoms with Gasteiger partial charge in [-0.05, 0) is 48.9 Å². The Bertz CT molecular complexity index is 1130. The Morgan fingerprint density at radius 2 is 1.92 bits per heavy atom. The Morgan fingerprint density at radius 3 is 2.50 bits per heavy atom. The molecular weight excluding hydrogens is 515 g/mol. The lowest BCUT2D eigenvalue weighted by atomic mass is 10.1. The molecule has 0 saturated carbocycles. The molecule has 1 saturated heterocycles. The number of aliphatic carboxylic acids is 1. The van der Waals surface area contributed by atoms with E-state index in [9.17, 15) is 29.4 Å². The van der Waals surface area contributed by atoms with Crippen molar-refractivity contribution in [3.8, 4) is 0 Å². The minimum atomic E-state index is -1.48. The normalized spacial score (nSPS) is 18.1. The highest BCUT2D eigenvalue weighted by Gasteiger charge is 2.32. The van der Waals surface area contributed by atoms with Crippen LogP contribution in [0.4, 0.5) is 0 Å². The highest BCUT2D eigenvalue weighted by Crippen LogP contribution is 2.27. The van der Waals surface area contributed by atoms with Gasteiger partial charge in [0.25, 0.3) is 5.91 Å². The summed E-state index contributed by atoms with van der Waals surface area (Å²) < 4.78 is 5.10. The molecular formula is C23H24Cl2N4O7. The van der Waals surface area contributed by atoms with Crippen molar-refractivity contribution in [2.45, 2.75) is 31.2 Å². The predicted octanol–water partition coefficient (Wildman–Crippen LogP) is 0.938. The molecule has 1 aliphatic rings. The van der Waals surface area contributed by atoms with Gasteiger partial charge in [0.15, 0.2) is 0 Å². The number of aliphatic hydroxyl groups is 1. The van der Waals surface area contributed by atoms with Gasteiger partial charge in [-0.3, -0.25) is 14.4 Å². The average molecular weight is 539 g/mol. The highest BCUT2D eigenvalue weighted by atomic mass is 35.5. The molecule has 36 heavy (non-hydrogen) atoms. The molecule has 3 atom stereocenters. The number of hydrogen-bond acceptors (Lipinski definition) is 7. The van der Waals surface area contributed by atoms with E-state index < -0.39 is 48.4 Å². The van der Waals surface area contributed by atoms with E-state index in [1.165, 1.54) is 30.5 Å². The van der Waals surface area contributed by atoms with Crippen molar-refractivity contribution in [2.24, 2.45) is 0 Å². The number of rotatable bonds is 10. The molecule has 192 valence electrons. The van der Waals surface area contributed by atoms with Crippen LogP contribution < -0.4 is 21.3 Å². The van der Waals surface area contributed by atoms with Crippen molar-refractivity contribution >= 4 is 53.0 Å². The summed E-state index contributed by atoms with van der Waals surface area (Å²) >= 11 is 12.5. The molecule has 11 nitrogen and oxygen atoms in total. The molecule has 0 aliphatic carbocycles. The van der Waals surface area contributed by atoms with E-state index >= 15 is 0 Å². The van der Waals surface area contributed by atoms with E-state index in [1.54, 1.807) is 12.1 Å². The number of carbonyl (C=O) groups is 4. The van der Waals surface area contributed by atoms with Crippen LogP contribution in [-0.2, 0) is 20.9 Å². The highest BCUT2D eigenvalue weighted by molar-refractivity contribution is 6.39. The molecule has 3 amide bonds. The maximum absolute atomic E-state index is 12.7. The van der Waals surface area contributed by atoms with Gasteiger partial charge in [-0.2, -0.15) is 0 Å². The Balaban J connectivity index is 1.58. The number of carbonyl (C=O) groups excluding carboxylic acids is 3. The van der Waals surface area contributed by atoms with Gasteiger partial charge in [-0.1, -0.05) is 23.2 Å². The van der Waals surface area contributed by atoms with E-state index in [4.69, 9.17) is 27.6 Å². The molecule has 1 fully saturated rings.